The number of likely N-dealkylation sites (N-methyl/N-ethyl adjacent to an activating group) is 1. The average molecular weight is 528 g/mol. The van der Waals surface area contributed by atoms with E-state index in [1.807, 2.05) is 30.1 Å². The van der Waals surface area contributed by atoms with E-state index in [9.17, 15) is 19.8 Å². The zero-order valence-electron chi connectivity index (χ0n) is 20.8. The van der Waals surface area contributed by atoms with Crippen molar-refractivity contribution in [1.29, 1.82) is 0 Å². The van der Waals surface area contributed by atoms with E-state index in [1.165, 1.54) is 28.4 Å². The Balaban J connectivity index is 1.53. The van der Waals surface area contributed by atoms with Gasteiger partial charge in [-0.1, -0.05) is 36.5 Å². The lowest BCUT2D eigenvalue weighted by Crippen LogP contribution is -2.29. The van der Waals surface area contributed by atoms with Crippen LogP contribution in [-0.2, 0) is 16.0 Å². The number of benzene rings is 3. The van der Waals surface area contributed by atoms with Crippen molar-refractivity contribution < 1.29 is 24.5 Å². The van der Waals surface area contributed by atoms with Gasteiger partial charge in [0.05, 0.1) is 34.1 Å². The van der Waals surface area contributed by atoms with Crippen molar-refractivity contribution in [2.24, 2.45) is 0 Å². The van der Waals surface area contributed by atoms with Crippen LogP contribution in [0.25, 0.3) is 16.0 Å². The van der Waals surface area contributed by atoms with E-state index in [4.69, 9.17) is 4.74 Å². The number of ether oxygens (including phenoxy) is 1. The second-order valence-corrected chi connectivity index (χ2v) is 10.4. The molecule has 9 heteroatoms. The zero-order chi connectivity index (χ0) is 26.6. The third-order valence-corrected chi connectivity index (χ3v) is 8.05. The molecule has 2 aliphatic rings. The van der Waals surface area contributed by atoms with Gasteiger partial charge in [-0.15, -0.1) is 0 Å². The maximum absolute atomic E-state index is 13.5. The van der Waals surface area contributed by atoms with E-state index >= 15 is 0 Å². The first-order chi connectivity index (χ1) is 18.4. The van der Waals surface area contributed by atoms with Crippen LogP contribution in [0, 0.1) is 0 Å². The molecule has 1 saturated heterocycles. The molecular formula is C29H25N3O5S. The van der Waals surface area contributed by atoms with Crippen molar-refractivity contribution in [2.45, 2.75) is 19.4 Å². The third kappa shape index (κ3) is 3.86. The van der Waals surface area contributed by atoms with Crippen LogP contribution < -0.4 is 14.5 Å². The highest BCUT2D eigenvalue weighted by molar-refractivity contribution is 7.22. The summed E-state index contributed by atoms with van der Waals surface area (Å²) in [5.74, 6) is -1.10. The molecular weight excluding hydrogens is 502 g/mol. The van der Waals surface area contributed by atoms with Crippen LogP contribution in [0.15, 0.2) is 66.2 Å². The number of anilines is 2. The Bertz CT molecular complexity index is 1630. The van der Waals surface area contributed by atoms with E-state index in [2.05, 4.69) is 11.9 Å². The molecule has 0 aliphatic carbocycles. The molecule has 1 amide bonds. The maximum atomic E-state index is 13.5. The Morgan fingerprint density at radius 2 is 1.89 bits per heavy atom. The average Bonchev–Trinajstić information content (AvgIpc) is 3.46. The molecule has 2 N–H and O–H groups in total. The van der Waals surface area contributed by atoms with Gasteiger partial charge in [0.1, 0.15) is 23.9 Å². The van der Waals surface area contributed by atoms with Gasteiger partial charge in [0.15, 0.2) is 5.13 Å². The SMILES string of the molecule is CCc1ccc2nc(N3C(=O)C(=O)/C(=C(/O)c4ccc5c(c4)N(C)CCO5)C3c3ccc(O)cc3)sc2c1. The number of phenols is 1. The summed E-state index contributed by atoms with van der Waals surface area (Å²) in [6, 6.07) is 16.5. The number of aromatic hydroxyl groups is 1. The van der Waals surface area contributed by atoms with Crippen molar-refractivity contribution >= 4 is 49.8 Å². The minimum Gasteiger partial charge on any atom is -0.508 e. The van der Waals surface area contributed by atoms with Crippen molar-refractivity contribution in [1.82, 2.24) is 4.98 Å². The first kappa shape index (κ1) is 24.0. The number of aryl methyl sites for hydroxylation is 1. The summed E-state index contributed by atoms with van der Waals surface area (Å²) >= 11 is 1.32. The smallest absolute Gasteiger partial charge is 0.301 e. The van der Waals surface area contributed by atoms with Crippen LogP contribution in [0.2, 0.25) is 0 Å². The summed E-state index contributed by atoms with van der Waals surface area (Å²) in [5.41, 5.74) is 3.59. The lowest BCUT2D eigenvalue weighted by molar-refractivity contribution is -0.132. The number of hydrogen-bond donors (Lipinski definition) is 2. The molecule has 4 aromatic rings. The molecule has 3 aromatic carbocycles. The van der Waals surface area contributed by atoms with Gasteiger partial charge in [-0.05, 0) is 60.0 Å². The number of aromatic nitrogens is 1. The molecule has 1 aromatic heterocycles. The molecule has 0 radical (unpaired) electrons. The van der Waals surface area contributed by atoms with Crippen LogP contribution in [0.4, 0.5) is 10.8 Å². The Kier molecular flexibility index (Phi) is 5.80. The lowest BCUT2D eigenvalue weighted by Gasteiger charge is -2.28. The normalized spacial score (nSPS) is 18.6. The number of ketones is 1. The fraction of sp³-hybridized carbons (Fsp3) is 0.207. The van der Waals surface area contributed by atoms with Crippen molar-refractivity contribution in [3.05, 3.63) is 82.9 Å². The van der Waals surface area contributed by atoms with Crippen LogP contribution in [0.3, 0.4) is 0 Å². The summed E-state index contributed by atoms with van der Waals surface area (Å²) in [4.78, 5) is 35.1. The third-order valence-electron chi connectivity index (χ3n) is 7.04. The summed E-state index contributed by atoms with van der Waals surface area (Å²) in [6.07, 6.45) is 0.863. The predicted molar refractivity (Wildman–Crippen MR) is 147 cm³/mol. The molecule has 1 atom stereocenters. The van der Waals surface area contributed by atoms with Gasteiger partial charge in [-0.25, -0.2) is 4.98 Å². The molecule has 1 unspecified atom stereocenters. The molecule has 6 rings (SSSR count). The van der Waals surface area contributed by atoms with E-state index in [-0.39, 0.29) is 17.1 Å². The monoisotopic (exact) mass is 527 g/mol. The number of aliphatic hydroxyl groups excluding tert-OH is 1. The number of Topliss-reactive ketones (excluding diaryl/α,β-unsaturated/α-hetero) is 1. The van der Waals surface area contributed by atoms with Gasteiger partial charge in [-0.3, -0.25) is 14.5 Å². The van der Waals surface area contributed by atoms with E-state index in [0.717, 1.165) is 27.9 Å². The number of thiazole rings is 1. The fourth-order valence-corrected chi connectivity index (χ4v) is 5.99. The number of aliphatic hydroxyl groups is 1. The molecule has 0 saturated carbocycles. The maximum Gasteiger partial charge on any atom is 0.301 e. The molecule has 2 aliphatic heterocycles. The number of carbonyl (C=O) groups excluding carboxylic acids is 2. The molecule has 0 bridgehead atoms. The minimum absolute atomic E-state index is 0.0338. The van der Waals surface area contributed by atoms with Crippen LogP contribution in [0.5, 0.6) is 11.5 Å². The topological polar surface area (TPSA) is 103 Å². The van der Waals surface area contributed by atoms with Gasteiger partial charge >= 0.3 is 5.91 Å². The Labute approximate surface area is 223 Å². The number of amides is 1. The van der Waals surface area contributed by atoms with E-state index < -0.39 is 17.7 Å². The Morgan fingerprint density at radius 1 is 1.11 bits per heavy atom. The summed E-state index contributed by atoms with van der Waals surface area (Å²) in [6.45, 7) is 3.31. The van der Waals surface area contributed by atoms with Gasteiger partial charge in [0, 0.05) is 12.6 Å². The molecule has 0 spiro atoms. The lowest BCUT2D eigenvalue weighted by atomic mass is 9.95. The number of nitrogens with zero attached hydrogens (tertiary/aromatic N) is 3. The van der Waals surface area contributed by atoms with Crippen LogP contribution >= 0.6 is 11.3 Å². The van der Waals surface area contributed by atoms with Crippen LogP contribution in [-0.4, -0.2) is 47.1 Å². The number of rotatable bonds is 4. The first-order valence-electron chi connectivity index (χ1n) is 12.3. The molecule has 1 fully saturated rings. The van der Waals surface area contributed by atoms with Crippen molar-refractivity contribution in [3.63, 3.8) is 0 Å². The highest BCUT2D eigenvalue weighted by Gasteiger charge is 2.48. The first-order valence-corrected chi connectivity index (χ1v) is 13.1. The van der Waals surface area contributed by atoms with Gasteiger partial charge in [0.25, 0.3) is 5.78 Å². The predicted octanol–water partition coefficient (Wildman–Crippen LogP) is 5.02. The fourth-order valence-electron chi connectivity index (χ4n) is 4.94. The summed E-state index contributed by atoms with van der Waals surface area (Å²) in [7, 11) is 1.93. The number of hydrogen-bond acceptors (Lipinski definition) is 8. The highest BCUT2D eigenvalue weighted by Crippen LogP contribution is 2.45. The summed E-state index contributed by atoms with van der Waals surface area (Å²) < 4.78 is 6.62. The Morgan fingerprint density at radius 3 is 2.66 bits per heavy atom. The van der Waals surface area contributed by atoms with E-state index in [0.29, 0.717) is 35.2 Å². The second kappa shape index (κ2) is 9.18. The molecule has 38 heavy (non-hydrogen) atoms. The Hall–Kier alpha value is -4.37. The van der Waals surface area contributed by atoms with Crippen molar-refractivity contribution in [3.8, 4) is 11.5 Å². The van der Waals surface area contributed by atoms with Gasteiger partial charge in [0.2, 0.25) is 0 Å². The molecule has 8 nitrogen and oxygen atoms in total. The second-order valence-electron chi connectivity index (χ2n) is 9.37. The minimum atomic E-state index is -0.924. The van der Waals surface area contributed by atoms with Crippen LogP contribution in [0.1, 0.15) is 29.7 Å². The number of fused-ring (bicyclic) bond motifs is 2. The number of carbonyl (C=O) groups is 2. The van der Waals surface area contributed by atoms with Gasteiger partial charge in [-0.2, -0.15) is 0 Å². The molecule has 192 valence electrons. The van der Waals surface area contributed by atoms with Gasteiger partial charge < -0.3 is 19.8 Å². The quantitative estimate of drug-likeness (QED) is 0.218. The standard InChI is InChI=1S/C29H25N3O5S/c1-3-16-4-10-20-23(14-16)38-29(30-20)32-25(17-5-8-19(33)9-6-17)24(27(35)28(32)36)26(34)18-7-11-22-21(15-18)31(2)12-13-37-22/h4-11,14-15,25,33-34H,3,12-13H2,1-2H3/b26-24+. The summed E-state index contributed by atoms with van der Waals surface area (Å²) in [5, 5.41) is 21.8. The highest BCUT2D eigenvalue weighted by atomic mass is 32.1. The molecule has 3 heterocycles. The zero-order valence-corrected chi connectivity index (χ0v) is 21.7. The van der Waals surface area contributed by atoms with E-state index in [1.54, 1.807) is 30.3 Å². The number of phenolic OH excluding ortho intramolecular Hbond substituents is 1. The van der Waals surface area contributed by atoms with Crippen molar-refractivity contribution in [2.75, 3.05) is 30.0 Å². The largest absolute Gasteiger partial charge is 0.508 e.